The van der Waals surface area contributed by atoms with Crippen molar-refractivity contribution in [3.8, 4) is 5.75 Å². The second-order valence-electron chi connectivity index (χ2n) is 1.80. The van der Waals surface area contributed by atoms with E-state index < -0.39 is 0 Å². The molecule has 0 fully saturated rings. The van der Waals surface area contributed by atoms with Crippen LogP contribution in [0.25, 0.3) is 0 Å². The maximum absolute atomic E-state index is 9.04. The van der Waals surface area contributed by atoms with E-state index in [4.69, 9.17) is 10.3 Å². The van der Waals surface area contributed by atoms with Crippen LogP contribution in [0.4, 0.5) is 0 Å². The van der Waals surface area contributed by atoms with Gasteiger partial charge in [0.15, 0.2) is 0 Å². The van der Waals surface area contributed by atoms with Crippen molar-refractivity contribution in [2.45, 2.75) is 0 Å². The van der Waals surface area contributed by atoms with Crippen molar-refractivity contribution in [1.82, 2.24) is 0 Å². The predicted octanol–water partition coefficient (Wildman–Crippen LogP) is 1.20. The molecule has 63 valence electrons. The Morgan fingerprint density at radius 2 is 1.91 bits per heavy atom. The van der Waals surface area contributed by atoms with Crippen LogP contribution in [-0.4, -0.2) is 16.5 Å². The smallest absolute Gasteiger partial charge is 0.124 e. The fourth-order valence-corrected chi connectivity index (χ4v) is 0.659. The molecule has 1 aromatic rings. The summed E-state index contributed by atoms with van der Waals surface area (Å²) in [5.41, 5.74) is 0.505. The zero-order valence-electron chi connectivity index (χ0n) is 5.53. The second kappa shape index (κ2) is 4.77. The van der Waals surface area contributed by atoms with Crippen molar-refractivity contribution in [3.05, 3.63) is 29.8 Å². The van der Waals surface area contributed by atoms with Gasteiger partial charge in [-0.3, -0.25) is 0 Å². The third-order valence-corrected chi connectivity index (χ3v) is 1.13. The van der Waals surface area contributed by atoms with E-state index in [1.54, 1.807) is 18.2 Å². The van der Waals surface area contributed by atoms with Crippen LogP contribution in [0.5, 0.6) is 5.75 Å². The Balaban J connectivity index is 0.000001000. The molecule has 0 bridgehead atoms. The maximum Gasteiger partial charge on any atom is 0.124 e. The average Bonchev–Trinajstić information content (AvgIpc) is 1.94. The number of hydrogen-bond acceptors (Lipinski definition) is 3. The van der Waals surface area contributed by atoms with Gasteiger partial charge in [-0.25, -0.2) is 0 Å². The molecule has 1 aromatic carbocycles. The minimum Gasteiger partial charge on any atom is -0.507 e. The van der Waals surface area contributed by atoms with Gasteiger partial charge >= 0.3 is 0 Å². The number of hydrogen-bond donors (Lipinski definition) is 2. The Labute approximate surface area is 74.8 Å². The fraction of sp³-hybridized carbons (Fsp3) is 0. The third-order valence-electron chi connectivity index (χ3n) is 1.13. The monoisotopic (exact) mass is 200 g/mol. The average molecular weight is 201 g/mol. The summed E-state index contributed by atoms with van der Waals surface area (Å²) in [4.78, 5) is 0. The van der Waals surface area contributed by atoms with Crippen LogP contribution < -0.4 is 0 Å². The molecule has 0 amide bonds. The van der Waals surface area contributed by atoms with Gasteiger partial charge in [-0.2, -0.15) is 0 Å². The van der Waals surface area contributed by atoms with Crippen LogP contribution in [-0.2, 0) is 17.1 Å². The summed E-state index contributed by atoms with van der Waals surface area (Å²) in [5.74, 6) is 0.111. The molecule has 4 heteroatoms. The van der Waals surface area contributed by atoms with Gasteiger partial charge in [0, 0.05) is 22.6 Å². The summed E-state index contributed by atoms with van der Waals surface area (Å²) < 4.78 is 0. The number of aromatic hydroxyl groups is 1. The molecule has 0 heterocycles. The number of oxime groups is 1. The molecular formula is C7H7CuNO2. The van der Waals surface area contributed by atoms with E-state index in [-0.39, 0.29) is 22.8 Å². The van der Waals surface area contributed by atoms with Crippen molar-refractivity contribution in [1.29, 1.82) is 0 Å². The van der Waals surface area contributed by atoms with Gasteiger partial charge in [-0.1, -0.05) is 17.3 Å². The van der Waals surface area contributed by atoms with Gasteiger partial charge < -0.3 is 10.3 Å². The van der Waals surface area contributed by atoms with Crippen molar-refractivity contribution in [2.24, 2.45) is 5.16 Å². The summed E-state index contributed by atoms with van der Waals surface area (Å²) >= 11 is 0. The van der Waals surface area contributed by atoms with Crippen LogP contribution in [0.2, 0.25) is 0 Å². The molecule has 0 atom stereocenters. The second-order valence-corrected chi connectivity index (χ2v) is 1.80. The zero-order chi connectivity index (χ0) is 7.40. The number of rotatable bonds is 1. The Kier molecular flexibility index (Phi) is 4.34. The molecule has 0 aliphatic heterocycles. The van der Waals surface area contributed by atoms with E-state index in [0.717, 1.165) is 0 Å². The molecule has 0 aliphatic carbocycles. The number of phenols is 1. The fourth-order valence-electron chi connectivity index (χ4n) is 0.659. The van der Waals surface area contributed by atoms with Crippen molar-refractivity contribution < 1.29 is 27.4 Å². The van der Waals surface area contributed by atoms with Crippen LogP contribution in [0.15, 0.2) is 29.4 Å². The van der Waals surface area contributed by atoms with Crippen molar-refractivity contribution in [3.63, 3.8) is 0 Å². The quantitative estimate of drug-likeness (QED) is 0.310. The van der Waals surface area contributed by atoms with Crippen LogP contribution in [0, 0.1) is 0 Å². The molecule has 2 N–H and O–H groups in total. The first-order valence-corrected chi connectivity index (χ1v) is 2.80. The molecule has 11 heavy (non-hydrogen) atoms. The summed E-state index contributed by atoms with van der Waals surface area (Å²) in [6.07, 6.45) is 1.18. The van der Waals surface area contributed by atoms with E-state index in [9.17, 15) is 0 Å². The molecule has 0 saturated carbocycles. The summed E-state index contributed by atoms with van der Waals surface area (Å²) in [6, 6.07) is 6.62. The first-order chi connectivity index (χ1) is 4.84. The molecule has 0 aromatic heterocycles. The Bertz CT molecular complexity index is 250. The zero-order valence-corrected chi connectivity index (χ0v) is 6.47. The normalized spacial score (nSPS) is 9.45. The number of phenolic OH excluding ortho intramolecular Hbond substituents is 1. The summed E-state index contributed by atoms with van der Waals surface area (Å²) in [5, 5.41) is 19.9. The standard InChI is InChI=1S/C7H7NO2.Cu/c9-7-4-2-1-3-6(7)5-8-10;/h1-5,9-10H;/b8-5-;. The number of benzene rings is 1. The minimum atomic E-state index is 0. The van der Waals surface area contributed by atoms with Gasteiger partial charge in [0.25, 0.3) is 0 Å². The molecule has 3 nitrogen and oxygen atoms in total. The van der Waals surface area contributed by atoms with E-state index in [1.165, 1.54) is 12.3 Å². The largest absolute Gasteiger partial charge is 0.507 e. The van der Waals surface area contributed by atoms with Gasteiger partial charge in [-0.15, -0.1) is 0 Å². The van der Waals surface area contributed by atoms with Gasteiger partial charge in [-0.05, 0) is 12.1 Å². The Morgan fingerprint density at radius 3 is 2.45 bits per heavy atom. The SMILES string of the molecule is O/N=C\c1ccccc1O.[Cu]. The van der Waals surface area contributed by atoms with E-state index >= 15 is 0 Å². The predicted molar refractivity (Wildman–Crippen MR) is 37.5 cm³/mol. The van der Waals surface area contributed by atoms with Gasteiger partial charge in [0.05, 0.1) is 6.21 Å². The minimum absolute atomic E-state index is 0. The first kappa shape index (κ1) is 10.0. The van der Waals surface area contributed by atoms with Crippen LogP contribution in [0.3, 0.4) is 0 Å². The molecule has 0 saturated heterocycles. The third kappa shape index (κ3) is 2.62. The molecule has 1 rings (SSSR count). The molecule has 1 radical (unpaired) electrons. The Hall–Kier alpha value is -0.991. The van der Waals surface area contributed by atoms with E-state index in [1.807, 2.05) is 0 Å². The van der Waals surface area contributed by atoms with Gasteiger partial charge in [0.2, 0.25) is 0 Å². The molecule has 0 aliphatic rings. The summed E-state index contributed by atoms with van der Waals surface area (Å²) in [7, 11) is 0. The molecule has 0 unspecified atom stereocenters. The van der Waals surface area contributed by atoms with E-state index in [2.05, 4.69) is 5.16 Å². The number of para-hydroxylation sites is 1. The van der Waals surface area contributed by atoms with Crippen LogP contribution >= 0.6 is 0 Å². The summed E-state index contributed by atoms with van der Waals surface area (Å²) in [6.45, 7) is 0. The maximum atomic E-state index is 9.04. The van der Waals surface area contributed by atoms with Crippen molar-refractivity contribution in [2.75, 3.05) is 0 Å². The first-order valence-electron chi connectivity index (χ1n) is 2.80. The number of nitrogens with zero attached hydrogens (tertiary/aromatic N) is 1. The molecule has 0 spiro atoms. The Morgan fingerprint density at radius 1 is 1.27 bits per heavy atom. The van der Waals surface area contributed by atoms with E-state index in [0.29, 0.717) is 5.56 Å². The topological polar surface area (TPSA) is 52.8 Å². The van der Waals surface area contributed by atoms with Gasteiger partial charge in [0.1, 0.15) is 5.75 Å². The van der Waals surface area contributed by atoms with Crippen LogP contribution in [0.1, 0.15) is 5.56 Å². The molecular weight excluding hydrogens is 194 g/mol. The van der Waals surface area contributed by atoms with Crippen molar-refractivity contribution >= 4 is 6.21 Å².